The minimum absolute atomic E-state index is 0.0669. The zero-order chi connectivity index (χ0) is 23.0. The van der Waals surface area contributed by atoms with Crippen LogP contribution >= 0.6 is 15.9 Å². The number of nitrogens with one attached hydrogen (secondary N) is 2. The number of hydrogen-bond acceptors (Lipinski definition) is 6. The van der Waals surface area contributed by atoms with E-state index in [1.807, 2.05) is 0 Å². The van der Waals surface area contributed by atoms with Crippen LogP contribution in [0.15, 0.2) is 93.3 Å². The van der Waals surface area contributed by atoms with E-state index < -0.39 is 28.4 Å². The van der Waals surface area contributed by atoms with Crippen LogP contribution in [0.4, 0.5) is 0 Å². The van der Waals surface area contributed by atoms with Gasteiger partial charge in [-0.25, -0.2) is 23.4 Å². The molecule has 0 aliphatic rings. The molecule has 0 spiro atoms. The molecule has 0 unspecified atom stereocenters. The maximum absolute atomic E-state index is 12.1. The number of ether oxygens (including phenoxy) is 1. The molecule has 3 rings (SSSR count). The second-order valence-corrected chi connectivity index (χ2v) is 9.08. The molecule has 0 fully saturated rings. The Balaban J connectivity index is 1.47. The Labute approximate surface area is 193 Å². The van der Waals surface area contributed by atoms with Crippen molar-refractivity contribution in [3.05, 3.63) is 94.5 Å². The Kier molecular flexibility index (Phi) is 7.87. The van der Waals surface area contributed by atoms with Gasteiger partial charge in [-0.15, -0.1) is 0 Å². The molecule has 3 aromatic rings. The van der Waals surface area contributed by atoms with Crippen LogP contribution in [-0.2, 0) is 14.8 Å². The van der Waals surface area contributed by atoms with Gasteiger partial charge in [-0.2, -0.15) is 5.10 Å². The largest absolute Gasteiger partial charge is 0.423 e. The minimum atomic E-state index is -3.78. The highest BCUT2D eigenvalue weighted by Gasteiger charge is 2.14. The molecule has 0 saturated heterocycles. The van der Waals surface area contributed by atoms with Gasteiger partial charge in [0.1, 0.15) is 5.75 Å². The average Bonchev–Trinajstić information content (AvgIpc) is 2.80. The first-order valence-electron chi connectivity index (χ1n) is 9.28. The molecule has 2 N–H and O–H groups in total. The van der Waals surface area contributed by atoms with Gasteiger partial charge in [0.2, 0.25) is 10.0 Å². The normalized spacial score (nSPS) is 11.3. The van der Waals surface area contributed by atoms with Crippen LogP contribution in [0.25, 0.3) is 0 Å². The van der Waals surface area contributed by atoms with Crippen molar-refractivity contribution in [2.24, 2.45) is 5.10 Å². The van der Waals surface area contributed by atoms with Crippen LogP contribution in [0.3, 0.4) is 0 Å². The molecule has 0 bridgehead atoms. The average molecular weight is 516 g/mol. The number of carbonyl (C=O) groups excluding carboxylic acids is 2. The summed E-state index contributed by atoms with van der Waals surface area (Å²) in [4.78, 5) is 24.0. The van der Waals surface area contributed by atoms with E-state index in [1.165, 1.54) is 18.3 Å². The van der Waals surface area contributed by atoms with Crippen molar-refractivity contribution in [2.45, 2.75) is 4.90 Å². The van der Waals surface area contributed by atoms with Crippen LogP contribution in [0.5, 0.6) is 5.75 Å². The first-order valence-corrected chi connectivity index (χ1v) is 11.6. The predicted octanol–water partition coefficient (Wildman–Crippen LogP) is 3.10. The fraction of sp³-hybridized carbons (Fsp3) is 0.0455. The third-order valence-electron chi connectivity index (χ3n) is 4.05. The van der Waals surface area contributed by atoms with Crippen LogP contribution in [0.2, 0.25) is 0 Å². The van der Waals surface area contributed by atoms with E-state index in [0.717, 1.165) is 4.47 Å². The minimum Gasteiger partial charge on any atom is -0.423 e. The Morgan fingerprint density at radius 2 is 1.59 bits per heavy atom. The number of benzene rings is 3. The summed E-state index contributed by atoms with van der Waals surface area (Å²) in [5.41, 5.74) is 3.30. The molecule has 0 heterocycles. The van der Waals surface area contributed by atoms with Gasteiger partial charge in [-0.1, -0.05) is 34.1 Å². The lowest BCUT2D eigenvalue weighted by Gasteiger charge is -2.06. The number of nitrogens with zero attached hydrogens (tertiary/aromatic N) is 1. The molecule has 10 heteroatoms. The van der Waals surface area contributed by atoms with Crippen molar-refractivity contribution in [1.29, 1.82) is 0 Å². The number of halogens is 1. The summed E-state index contributed by atoms with van der Waals surface area (Å²) in [6.07, 6.45) is 1.38. The molecule has 3 aromatic carbocycles. The lowest BCUT2D eigenvalue weighted by molar-refractivity contribution is -0.119. The number of amides is 1. The first kappa shape index (κ1) is 23.3. The maximum Gasteiger partial charge on any atom is 0.343 e. The third kappa shape index (κ3) is 6.84. The van der Waals surface area contributed by atoms with E-state index in [-0.39, 0.29) is 4.90 Å². The first-order chi connectivity index (χ1) is 15.3. The number of hydrogen-bond donors (Lipinski definition) is 2. The number of esters is 1. The molecule has 0 aliphatic carbocycles. The Morgan fingerprint density at radius 1 is 0.938 bits per heavy atom. The SMILES string of the molecule is O=C(CNS(=O)(=O)c1ccccc1)N/N=C\c1ccc(OC(=O)c2ccc(Br)cc2)cc1. The van der Waals surface area contributed by atoms with Crippen LogP contribution < -0.4 is 14.9 Å². The number of rotatable bonds is 8. The molecule has 0 radical (unpaired) electrons. The molecular formula is C22H18BrN3O5S. The molecule has 0 aliphatic heterocycles. The quantitative estimate of drug-likeness (QED) is 0.207. The van der Waals surface area contributed by atoms with E-state index in [4.69, 9.17) is 4.74 Å². The Hall–Kier alpha value is -3.34. The molecule has 32 heavy (non-hydrogen) atoms. The third-order valence-corrected chi connectivity index (χ3v) is 6.00. The number of carbonyl (C=O) groups is 2. The summed E-state index contributed by atoms with van der Waals surface area (Å²) in [7, 11) is -3.78. The van der Waals surface area contributed by atoms with Crippen molar-refractivity contribution >= 4 is 44.0 Å². The molecular weight excluding hydrogens is 498 g/mol. The molecule has 8 nitrogen and oxygen atoms in total. The van der Waals surface area contributed by atoms with Crippen molar-refractivity contribution in [3.8, 4) is 5.75 Å². The summed E-state index contributed by atoms with van der Waals surface area (Å²) in [6, 6.07) is 21.0. The van der Waals surface area contributed by atoms with Gasteiger partial charge in [0, 0.05) is 4.47 Å². The highest BCUT2D eigenvalue weighted by Crippen LogP contribution is 2.15. The van der Waals surface area contributed by atoms with Crippen LogP contribution in [0.1, 0.15) is 15.9 Å². The van der Waals surface area contributed by atoms with Gasteiger partial charge >= 0.3 is 5.97 Å². The summed E-state index contributed by atoms with van der Waals surface area (Å²) in [5, 5.41) is 3.79. The van der Waals surface area contributed by atoms with Crippen molar-refractivity contribution in [2.75, 3.05) is 6.54 Å². The molecule has 1 amide bonds. The van der Waals surface area contributed by atoms with Crippen LogP contribution in [-0.4, -0.2) is 33.1 Å². The molecule has 0 saturated carbocycles. The van der Waals surface area contributed by atoms with E-state index >= 15 is 0 Å². The topological polar surface area (TPSA) is 114 Å². The van der Waals surface area contributed by atoms with Gasteiger partial charge in [0.15, 0.2) is 0 Å². The lowest BCUT2D eigenvalue weighted by atomic mass is 10.2. The monoisotopic (exact) mass is 515 g/mol. The highest BCUT2D eigenvalue weighted by molar-refractivity contribution is 9.10. The van der Waals surface area contributed by atoms with Crippen molar-refractivity contribution in [1.82, 2.24) is 10.1 Å². The maximum atomic E-state index is 12.1. The van der Waals surface area contributed by atoms with Gasteiger partial charge in [-0.3, -0.25) is 4.79 Å². The van der Waals surface area contributed by atoms with E-state index in [2.05, 4.69) is 31.2 Å². The highest BCUT2D eigenvalue weighted by atomic mass is 79.9. The Bertz CT molecular complexity index is 1210. The van der Waals surface area contributed by atoms with E-state index in [0.29, 0.717) is 16.9 Å². The zero-order valence-electron chi connectivity index (χ0n) is 16.6. The molecule has 0 aromatic heterocycles. The second kappa shape index (κ2) is 10.8. The summed E-state index contributed by atoms with van der Waals surface area (Å²) < 4.78 is 32.5. The van der Waals surface area contributed by atoms with Gasteiger partial charge in [-0.05, 0) is 66.2 Å². The standard InChI is InChI=1S/C22H18BrN3O5S/c23-18-10-8-17(9-11-18)22(28)31-19-12-6-16(7-13-19)14-24-26-21(27)15-25-32(29,30)20-4-2-1-3-5-20/h1-14,25H,15H2,(H,26,27)/b24-14-. The van der Waals surface area contributed by atoms with Gasteiger partial charge in [0.25, 0.3) is 5.91 Å². The smallest absolute Gasteiger partial charge is 0.343 e. The summed E-state index contributed by atoms with van der Waals surface area (Å²) >= 11 is 3.30. The molecule has 164 valence electrons. The van der Waals surface area contributed by atoms with E-state index in [1.54, 1.807) is 66.7 Å². The zero-order valence-corrected chi connectivity index (χ0v) is 19.0. The summed E-state index contributed by atoms with van der Waals surface area (Å²) in [5.74, 6) is -0.751. The van der Waals surface area contributed by atoms with Crippen molar-refractivity contribution < 1.29 is 22.7 Å². The Morgan fingerprint density at radius 3 is 2.25 bits per heavy atom. The fourth-order valence-corrected chi connectivity index (χ4v) is 3.70. The fourth-order valence-electron chi connectivity index (χ4n) is 2.44. The second-order valence-electron chi connectivity index (χ2n) is 6.40. The van der Waals surface area contributed by atoms with Crippen molar-refractivity contribution in [3.63, 3.8) is 0 Å². The number of hydrazone groups is 1. The predicted molar refractivity (Wildman–Crippen MR) is 123 cm³/mol. The van der Waals surface area contributed by atoms with Crippen LogP contribution in [0, 0.1) is 0 Å². The van der Waals surface area contributed by atoms with Gasteiger partial charge < -0.3 is 4.74 Å². The summed E-state index contributed by atoms with van der Waals surface area (Å²) in [6.45, 7) is -0.459. The van der Waals surface area contributed by atoms with Gasteiger partial charge in [0.05, 0.1) is 23.2 Å². The molecule has 0 atom stereocenters. The lowest BCUT2D eigenvalue weighted by Crippen LogP contribution is -2.34. The van der Waals surface area contributed by atoms with E-state index in [9.17, 15) is 18.0 Å². The number of sulfonamides is 1.